The van der Waals surface area contributed by atoms with E-state index in [4.69, 9.17) is 16.2 Å². The molecule has 1 atom stereocenters. The van der Waals surface area contributed by atoms with Gasteiger partial charge in [-0.05, 0) is 24.6 Å². The average molecular weight is 298 g/mol. The first-order valence-electron chi connectivity index (χ1n) is 5.61. The number of nitrogen functional groups attached to an aromatic ring is 1. The Labute approximate surface area is 109 Å². The molecule has 2 rings (SSSR count). The fraction of sp³-hybridized carbons (Fsp3) is 0.417. The lowest BCUT2D eigenvalue weighted by molar-refractivity contribution is 0.238. The number of rotatable bonds is 3. The van der Waals surface area contributed by atoms with E-state index in [-0.39, 0.29) is 12.4 Å². The maximum atomic E-state index is 9.15. The molecule has 0 aromatic heterocycles. The zero-order valence-corrected chi connectivity index (χ0v) is 11.1. The third-order valence-corrected chi connectivity index (χ3v) is 3.63. The summed E-state index contributed by atoms with van der Waals surface area (Å²) in [6.45, 7) is 1.97. The molecule has 0 bridgehead atoms. The highest BCUT2D eigenvalue weighted by Gasteiger charge is 2.24. The Morgan fingerprint density at radius 2 is 2.35 bits per heavy atom. The number of nitrogens with one attached hydrogen (secondary N) is 1. The van der Waals surface area contributed by atoms with Crippen LogP contribution in [-0.2, 0) is 0 Å². The van der Waals surface area contributed by atoms with E-state index in [2.05, 4.69) is 20.8 Å². The lowest BCUT2D eigenvalue weighted by Crippen LogP contribution is -2.24. The van der Waals surface area contributed by atoms with Crippen LogP contribution in [-0.4, -0.2) is 30.6 Å². The molecule has 0 spiro atoms. The fourth-order valence-electron chi connectivity index (χ4n) is 2.20. The minimum absolute atomic E-state index is 0.0775. The maximum absolute atomic E-state index is 9.15. The van der Waals surface area contributed by atoms with Crippen molar-refractivity contribution in [1.29, 1.82) is 5.41 Å². The zero-order valence-electron chi connectivity index (χ0n) is 9.49. The van der Waals surface area contributed by atoms with Crippen LogP contribution >= 0.6 is 15.9 Å². The van der Waals surface area contributed by atoms with Gasteiger partial charge in [0.15, 0.2) is 0 Å². The number of aliphatic hydroxyl groups is 1. The molecule has 1 aromatic carbocycles. The van der Waals surface area contributed by atoms with Crippen LogP contribution < -0.4 is 10.6 Å². The molecule has 1 fully saturated rings. The molecule has 0 aliphatic carbocycles. The summed E-state index contributed by atoms with van der Waals surface area (Å²) in [5, 5.41) is 16.8. The Morgan fingerprint density at radius 3 is 2.94 bits per heavy atom. The molecule has 1 aliphatic rings. The Balaban J connectivity index is 2.29. The van der Waals surface area contributed by atoms with Gasteiger partial charge in [0.25, 0.3) is 0 Å². The van der Waals surface area contributed by atoms with Crippen molar-refractivity contribution in [3.05, 3.63) is 28.2 Å². The average Bonchev–Trinajstić information content (AvgIpc) is 2.77. The molecule has 17 heavy (non-hydrogen) atoms. The van der Waals surface area contributed by atoms with E-state index in [1.807, 2.05) is 18.2 Å². The van der Waals surface area contributed by atoms with Crippen molar-refractivity contribution in [2.24, 2.45) is 11.7 Å². The van der Waals surface area contributed by atoms with Crippen molar-refractivity contribution in [2.45, 2.75) is 6.42 Å². The third kappa shape index (κ3) is 2.61. The van der Waals surface area contributed by atoms with E-state index < -0.39 is 0 Å². The fourth-order valence-corrected chi connectivity index (χ4v) is 2.56. The second kappa shape index (κ2) is 5.06. The van der Waals surface area contributed by atoms with Crippen molar-refractivity contribution < 1.29 is 5.11 Å². The number of hydrogen-bond acceptors (Lipinski definition) is 3. The van der Waals surface area contributed by atoms with E-state index in [1.54, 1.807) is 0 Å². The van der Waals surface area contributed by atoms with Crippen LogP contribution in [0.4, 0.5) is 5.69 Å². The monoisotopic (exact) mass is 297 g/mol. The Kier molecular flexibility index (Phi) is 3.69. The zero-order chi connectivity index (χ0) is 12.4. The van der Waals surface area contributed by atoms with Crippen LogP contribution in [0.25, 0.3) is 0 Å². The lowest BCUT2D eigenvalue weighted by atomic mass is 10.1. The standard InChI is InChI=1S/C12H16BrN3O/c13-9-1-2-11(10(5-9)12(14)15)16-4-3-8(6-16)7-17/h1-2,5,8,17H,3-4,6-7H2,(H3,14,15). The van der Waals surface area contributed by atoms with Crippen molar-refractivity contribution in [2.75, 3.05) is 24.6 Å². The number of nitrogens with two attached hydrogens (primary N) is 1. The van der Waals surface area contributed by atoms with E-state index in [0.29, 0.717) is 5.92 Å². The maximum Gasteiger partial charge on any atom is 0.124 e. The van der Waals surface area contributed by atoms with Gasteiger partial charge in [0, 0.05) is 41.3 Å². The van der Waals surface area contributed by atoms with Crippen LogP contribution in [0, 0.1) is 11.3 Å². The molecule has 0 saturated carbocycles. The first-order chi connectivity index (χ1) is 8.11. The van der Waals surface area contributed by atoms with Gasteiger partial charge in [-0.3, -0.25) is 5.41 Å². The molecule has 0 radical (unpaired) electrons. The summed E-state index contributed by atoms with van der Waals surface area (Å²) in [6.07, 6.45) is 0.990. The highest BCUT2D eigenvalue weighted by Crippen LogP contribution is 2.29. The molecular formula is C12H16BrN3O. The molecule has 4 nitrogen and oxygen atoms in total. The summed E-state index contributed by atoms with van der Waals surface area (Å²) in [5.41, 5.74) is 7.34. The molecule has 1 aromatic rings. The Morgan fingerprint density at radius 1 is 1.59 bits per heavy atom. The molecule has 4 N–H and O–H groups in total. The highest BCUT2D eigenvalue weighted by molar-refractivity contribution is 9.10. The SMILES string of the molecule is N=C(N)c1cc(Br)ccc1N1CCC(CO)C1. The summed E-state index contributed by atoms with van der Waals surface area (Å²) in [6, 6.07) is 5.79. The third-order valence-electron chi connectivity index (χ3n) is 3.13. The van der Waals surface area contributed by atoms with Gasteiger partial charge in [-0.25, -0.2) is 0 Å². The number of hydrogen-bond donors (Lipinski definition) is 3. The predicted octanol–water partition coefficient (Wildman–Crippen LogP) is 1.55. The summed E-state index contributed by atoms with van der Waals surface area (Å²) in [4.78, 5) is 2.18. The number of benzene rings is 1. The summed E-state index contributed by atoms with van der Waals surface area (Å²) < 4.78 is 0.921. The van der Waals surface area contributed by atoms with Gasteiger partial charge in [0.1, 0.15) is 5.84 Å². The first kappa shape index (κ1) is 12.4. The predicted molar refractivity (Wildman–Crippen MR) is 72.6 cm³/mol. The topological polar surface area (TPSA) is 73.3 Å². The van der Waals surface area contributed by atoms with Gasteiger partial charge in [0.2, 0.25) is 0 Å². The van der Waals surface area contributed by atoms with Crippen LogP contribution in [0.1, 0.15) is 12.0 Å². The summed E-state index contributed by atoms with van der Waals surface area (Å²) >= 11 is 3.39. The highest BCUT2D eigenvalue weighted by atomic mass is 79.9. The lowest BCUT2D eigenvalue weighted by Gasteiger charge is -2.21. The van der Waals surface area contributed by atoms with Gasteiger partial charge in [0.05, 0.1) is 0 Å². The van der Waals surface area contributed by atoms with Crippen LogP contribution in [0.15, 0.2) is 22.7 Å². The Hall–Kier alpha value is -1.07. The number of halogens is 1. The molecule has 1 aliphatic heterocycles. The number of amidine groups is 1. The van der Waals surface area contributed by atoms with Crippen molar-refractivity contribution >= 4 is 27.5 Å². The van der Waals surface area contributed by atoms with Gasteiger partial charge in [-0.1, -0.05) is 15.9 Å². The van der Waals surface area contributed by atoms with Gasteiger partial charge < -0.3 is 15.7 Å². The molecule has 1 saturated heterocycles. The first-order valence-corrected chi connectivity index (χ1v) is 6.41. The largest absolute Gasteiger partial charge is 0.396 e. The Bertz CT molecular complexity index is 436. The molecule has 1 unspecified atom stereocenters. The second-order valence-corrected chi connectivity index (χ2v) is 5.27. The van der Waals surface area contributed by atoms with Crippen molar-refractivity contribution in [3.63, 3.8) is 0 Å². The minimum Gasteiger partial charge on any atom is -0.396 e. The van der Waals surface area contributed by atoms with Gasteiger partial charge >= 0.3 is 0 Å². The number of aliphatic hydroxyl groups excluding tert-OH is 1. The molecule has 0 amide bonds. The van der Waals surface area contributed by atoms with Crippen molar-refractivity contribution in [1.82, 2.24) is 0 Å². The van der Waals surface area contributed by atoms with Crippen LogP contribution in [0.3, 0.4) is 0 Å². The number of nitrogens with zero attached hydrogens (tertiary/aromatic N) is 1. The molecule has 92 valence electrons. The van der Waals surface area contributed by atoms with Gasteiger partial charge in [-0.2, -0.15) is 0 Å². The van der Waals surface area contributed by atoms with Crippen LogP contribution in [0.5, 0.6) is 0 Å². The van der Waals surface area contributed by atoms with E-state index in [9.17, 15) is 0 Å². The summed E-state index contributed by atoms with van der Waals surface area (Å²) in [5.74, 6) is 0.409. The normalized spacial score (nSPS) is 19.6. The van der Waals surface area contributed by atoms with E-state index in [1.165, 1.54) is 0 Å². The molecule has 5 heteroatoms. The quantitative estimate of drug-likeness (QED) is 0.585. The van der Waals surface area contributed by atoms with E-state index >= 15 is 0 Å². The smallest absolute Gasteiger partial charge is 0.124 e. The second-order valence-electron chi connectivity index (χ2n) is 4.36. The van der Waals surface area contributed by atoms with Gasteiger partial charge in [-0.15, -0.1) is 0 Å². The van der Waals surface area contributed by atoms with Crippen LogP contribution in [0.2, 0.25) is 0 Å². The molecular weight excluding hydrogens is 282 g/mol. The minimum atomic E-state index is 0.0775. The summed E-state index contributed by atoms with van der Waals surface area (Å²) in [7, 11) is 0. The van der Waals surface area contributed by atoms with E-state index in [0.717, 1.165) is 35.2 Å². The number of anilines is 1. The van der Waals surface area contributed by atoms with Crippen molar-refractivity contribution in [3.8, 4) is 0 Å². The molecule has 1 heterocycles.